The highest BCUT2D eigenvalue weighted by Crippen LogP contribution is 2.39. The fraction of sp³-hybridized carbons (Fsp3) is 0.500. The van der Waals surface area contributed by atoms with E-state index in [4.69, 9.17) is 14.6 Å². The number of halogens is 1. The maximum atomic E-state index is 13.8. The number of piperidine rings is 1. The third-order valence-corrected chi connectivity index (χ3v) is 12.7. The van der Waals surface area contributed by atoms with Crippen LogP contribution in [0.3, 0.4) is 0 Å². The van der Waals surface area contributed by atoms with Crippen molar-refractivity contribution in [1.29, 1.82) is 0 Å². The van der Waals surface area contributed by atoms with E-state index in [9.17, 15) is 23.6 Å². The van der Waals surface area contributed by atoms with E-state index in [2.05, 4.69) is 32.8 Å². The average molecular weight is 822 g/mol. The molecule has 2 aromatic carbocycles. The number of benzene rings is 2. The van der Waals surface area contributed by atoms with Crippen molar-refractivity contribution in [1.82, 2.24) is 34.3 Å². The predicted octanol–water partition coefficient (Wildman–Crippen LogP) is 6.09. The molecule has 4 fully saturated rings. The SMILES string of the molecule is CO[C@H]1CN(C[C@H]2CC[C@H](n3cc4cc(C(=O)Nc5cccn([C@H]6C[C@H]6F)c5=O)c(OC(C)C)cc4n3)CC2)CC[C@H]1c1ccc2c(N3CCC(=O)NC3=O)nn(C)c2c1. The van der Waals surface area contributed by atoms with E-state index in [-0.39, 0.29) is 42.2 Å². The zero-order valence-corrected chi connectivity index (χ0v) is 34.5. The molecule has 15 nitrogen and oxygen atoms in total. The van der Waals surface area contributed by atoms with Crippen LogP contribution in [-0.4, -0.2) is 98.5 Å². The van der Waals surface area contributed by atoms with Gasteiger partial charge in [-0.1, -0.05) is 6.07 Å². The highest BCUT2D eigenvalue weighted by Gasteiger charge is 2.40. The van der Waals surface area contributed by atoms with E-state index in [0.717, 1.165) is 73.5 Å². The summed E-state index contributed by atoms with van der Waals surface area (Å²) in [6, 6.07) is 12.4. The number of aromatic nitrogens is 5. The second-order valence-corrected chi connectivity index (χ2v) is 17.2. The smallest absolute Gasteiger partial charge is 0.329 e. The lowest BCUT2D eigenvalue weighted by Gasteiger charge is -2.40. The van der Waals surface area contributed by atoms with Crippen LogP contribution in [0.1, 0.15) is 92.7 Å². The molecule has 60 heavy (non-hydrogen) atoms. The predicted molar refractivity (Wildman–Crippen MR) is 225 cm³/mol. The Kier molecular flexibility index (Phi) is 10.7. The van der Waals surface area contributed by atoms with Gasteiger partial charge in [0.1, 0.15) is 17.6 Å². The normalized spacial score (nSPS) is 24.9. The molecule has 0 bridgehead atoms. The van der Waals surface area contributed by atoms with E-state index in [1.807, 2.05) is 37.8 Å². The number of nitrogens with one attached hydrogen (secondary N) is 2. The number of carbonyl (C=O) groups is 3. The summed E-state index contributed by atoms with van der Waals surface area (Å²) in [5.74, 6) is 0.984. The fourth-order valence-electron chi connectivity index (χ4n) is 9.46. The van der Waals surface area contributed by atoms with Crippen molar-refractivity contribution in [3.63, 3.8) is 0 Å². The summed E-state index contributed by atoms with van der Waals surface area (Å²) in [6.07, 6.45) is 8.00. The molecular weight excluding hydrogens is 770 g/mol. The van der Waals surface area contributed by atoms with Crippen LogP contribution in [-0.2, 0) is 16.6 Å². The van der Waals surface area contributed by atoms with Gasteiger partial charge in [-0.15, -0.1) is 0 Å². The van der Waals surface area contributed by atoms with E-state index >= 15 is 0 Å². The highest BCUT2D eigenvalue weighted by molar-refractivity contribution is 6.09. The minimum Gasteiger partial charge on any atom is -0.490 e. The van der Waals surface area contributed by atoms with E-state index < -0.39 is 29.7 Å². The van der Waals surface area contributed by atoms with Crippen LogP contribution in [0.15, 0.2) is 59.7 Å². The number of imide groups is 1. The maximum Gasteiger partial charge on any atom is 0.329 e. The largest absolute Gasteiger partial charge is 0.490 e. The molecule has 0 radical (unpaired) electrons. The first-order valence-electron chi connectivity index (χ1n) is 21.1. The molecule has 316 valence electrons. The van der Waals surface area contributed by atoms with Gasteiger partial charge in [0, 0.05) is 81.8 Å². The molecule has 4 amide bonds. The number of carbonyl (C=O) groups excluding carboxylic acids is 3. The number of hydrogen-bond acceptors (Lipinski definition) is 9. The number of nitrogens with zero attached hydrogens (tertiary/aromatic N) is 7. The lowest BCUT2D eigenvalue weighted by molar-refractivity contribution is -0.120. The molecule has 4 aliphatic rings. The van der Waals surface area contributed by atoms with Crippen molar-refractivity contribution in [3.8, 4) is 5.75 Å². The van der Waals surface area contributed by atoms with Crippen molar-refractivity contribution >= 4 is 51.2 Å². The number of anilines is 2. The number of ether oxygens (including phenoxy) is 2. The van der Waals surface area contributed by atoms with Crippen LogP contribution in [0.25, 0.3) is 21.8 Å². The standard InChI is InChI=1S/C44H52FN9O6/c1-25(2)60-38-21-35-28(18-32(38)42(56)46-34-6-5-15-52(43(34)57)37-20-33(37)45)23-54(48-35)29-10-7-26(8-11-29)22-51-16-13-30(39(24-51)59-4)27-9-12-31-36(19-27)50(3)49-41(31)53-17-14-40(55)47-44(53)58/h5-6,9,12,15,18-19,21,23,25-26,29-30,33,37,39H,7-8,10-11,13-14,16-17,20,22,24H2,1-4H3,(H,46,56)(H,47,55,58)/t26-,29-,30-,33+,37-,39-/m0/s1. The van der Waals surface area contributed by atoms with Crippen LogP contribution in [0, 0.1) is 5.92 Å². The molecule has 16 heteroatoms. The van der Waals surface area contributed by atoms with Crippen molar-refractivity contribution in [3.05, 3.63) is 76.3 Å². The average Bonchev–Trinajstić information content (AvgIpc) is 3.66. The first-order chi connectivity index (χ1) is 28.9. The number of amides is 4. The number of likely N-dealkylation sites (tertiary alicyclic amines) is 1. The molecule has 2 aliphatic heterocycles. The minimum atomic E-state index is -1.05. The van der Waals surface area contributed by atoms with Gasteiger partial charge in [0.15, 0.2) is 5.82 Å². The van der Waals surface area contributed by atoms with E-state index in [1.54, 1.807) is 36.2 Å². The first kappa shape index (κ1) is 39.8. The first-order valence-corrected chi connectivity index (χ1v) is 21.1. The Morgan fingerprint density at radius 2 is 1.83 bits per heavy atom. The zero-order valence-electron chi connectivity index (χ0n) is 34.5. The number of rotatable bonds is 11. The highest BCUT2D eigenvalue weighted by atomic mass is 19.1. The molecule has 5 heterocycles. The van der Waals surface area contributed by atoms with Crippen molar-refractivity contribution in [2.45, 2.75) is 95.2 Å². The Labute approximate surface area is 346 Å². The number of pyridine rings is 1. The summed E-state index contributed by atoms with van der Waals surface area (Å²) >= 11 is 0. The summed E-state index contributed by atoms with van der Waals surface area (Å²) in [7, 11) is 3.67. The van der Waals surface area contributed by atoms with Gasteiger partial charge in [0.2, 0.25) is 5.91 Å². The van der Waals surface area contributed by atoms with E-state index in [0.29, 0.717) is 36.0 Å². The van der Waals surface area contributed by atoms with Gasteiger partial charge in [0.05, 0.1) is 40.9 Å². The molecule has 0 unspecified atom stereocenters. The third-order valence-electron chi connectivity index (χ3n) is 12.7. The summed E-state index contributed by atoms with van der Waals surface area (Å²) in [5, 5.41) is 16.4. The number of methoxy groups -OCH3 is 1. The zero-order chi connectivity index (χ0) is 41.8. The van der Waals surface area contributed by atoms with Crippen LogP contribution in [0.2, 0.25) is 0 Å². The number of aryl methyl sites for hydroxylation is 1. The van der Waals surface area contributed by atoms with Gasteiger partial charge < -0.3 is 24.3 Å². The monoisotopic (exact) mass is 821 g/mol. The molecule has 3 aromatic heterocycles. The molecule has 9 rings (SSSR count). The third kappa shape index (κ3) is 7.78. The second-order valence-electron chi connectivity index (χ2n) is 17.2. The van der Waals surface area contributed by atoms with Crippen LogP contribution < -0.4 is 25.8 Å². The Hall–Kier alpha value is -5.61. The summed E-state index contributed by atoms with van der Waals surface area (Å²) < 4.78 is 31.2. The molecule has 2 N–H and O–H groups in total. The summed E-state index contributed by atoms with van der Waals surface area (Å²) in [4.78, 5) is 55.1. The van der Waals surface area contributed by atoms with Crippen LogP contribution in [0.4, 0.5) is 20.7 Å². The van der Waals surface area contributed by atoms with Gasteiger partial charge in [0.25, 0.3) is 11.5 Å². The number of urea groups is 1. The molecular formula is C44H52FN9O6. The second kappa shape index (κ2) is 16.1. The lowest BCUT2D eigenvalue weighted by atomic mass is 9.83. The Bertz CT molecular complexity index is 2520. The molecule has 5 aromatic rings. The summed E-state index contributed by atoms with van der Waals surface area (Å²) in [5.41, 5.74) is 2.82. The molecule has 0 spiro atoms. The topological polar surface area (TPSA) is 158 Å². The van der Waals surface area contributed by atoms with Crippen molar-refractivity contribution in [2.75, 3.05) is 43.5 Å². The number of fused-ring (bicyclic) bond motifs is 2. The molecule has 2 aliphatic carbocycles. The van der Waals surface area contributed by atoms with Gasteiger partial charge in [-0.05, 0) is 94.3 Å². The van der Waals surface area contributed by atoms with Crippen molar-refractivity contribution in [2.24, 2.45) is 13.0 Å². The van der Waals surface area contributed by atoms with Crippen molar-refractivity contribution < 1.29 is 28.2 Å². The number of alkyl halides is 1. The Balaban J connectivity index is 0.829. The molecule has 2 saturated heterocycles. The quantitative estimate of drug-likeness (QED) is 0.161. The molecule has 2 saturated carbocycles. The Morgan fingerprint density at radius 3 is 2.57 bits per heavy atom. The van der Waals surface area contributed by atoms with Gasteiger partial charge in [-0.25, -0.2) is 9.18 Å². The molecule has 4 atom stereocenters. The fourth-order valence-corrected chi connectivity index (χ4v) is 9.46. The Morgan fingerprint density at radius 1 is 1.03 bits per heavy atom. The van der Waals surface area contributed by atoms with Crippen LogP contribution >= 0.6 is 0 Å². The van der Waals surface area contributed by atoms with Gasteiger partial charge in [-0.2, -0.15) is 10.2 Å². The van der Waals surface area contributed by atoms with Crippen LogP contribution in [0.5, 0.6) is 5.75 Å². The van der Waals surface area contributed by atoms with Gasteiger partial charge in [-0.3, -0.25) is 34.0 Å². The minimum absolute atomic E-state index is 0.0328. The number of hydrogen-bond donors (Lipinski definition) is 2. The maximum absolute atomic E-state index is 13.8. The summed E-state index contributed by atoms with van der Waals surface area (Å²) in [6.45, 7) is 6.92. The lowest BCUT2D eigenvalue weighted by Crippen LogP contribution is -2.49. The van der Waals surface area contributed by atoms with E-state index in [1.165, 1.54) is 21.1 Å². The van der Waals surface area contributed by atoms with Gasteiger partial charge >= 0.3 is 6.03 Å².